The fraction of sp³-hybridized carbons (Fsp3) is 0.700. The van der Waals surface area contributed by atoms with Gasteiger partial charge in [-0.1, -0.05) is 0 Å². The number of aliphatic hydroxyl groups is 1. The van der Waals surface area contributed by atoms with Gasteiger partial charge in [-0.3, -0.25) is 4.79 Å². The van der Waals surface area contributed by atoms with Crippen LogP contribution < -0.4 is 5.32 Å². The van der Waals surface area contributed by atoms with Crippen LogP contribution in [0.15, 0.2) is 11.8 Å². The molecule has 0 aliphatic heterocycles. The quantitative estimate of drug-likeness (QED) is 0.716. The third-order valence-electron chi connectivity index (χ3n) is 2.43. The van der Waals surface area contributed by atoms with Gasteiger partial charge in [0.15, 0.2) is 5.78 Å². The highest BCUT2D eigenvalue weighted by Crippen LogP contribution is 2.16. The average Bonchev–Trinajstić information content (AvgIpc) is 2.53. The zero-order chi connectivity index (χ0) is 10.6. The van der Waals surface area contributed by atoms with Gasteiger partial charge in [-0.25, -0.2) is 0 Å². The summed E-state index contributed by atoms with van der Waals surface area (Å²) in [6, 6.07) is 0.201. The van der Waals surface area contributed by atoms with Gasteiger partial charge in [0.1, 0.15) is 0 Å². The van der Waals surface area contributed by atoms with Crippen LogP contribution in [0.2, 0.25) is 0 Å². The Morgan fingerprint density at radius 2 is 2.36 bits per heavy atom. The van der Waals surface area contributed by atoms with Gasteiger partial charge >= 0.3 is 0 Å². The molecule has 0 amide bonds. The fourth-order valence-corrected chi connectivity index (χ4v) is 2.16. The first kappa shape index (κ1) is 11.6. The van der Waals surface area contributed by atoms with Crippen LogP contribution in [-0.4, -0.2) is 35.0 Å². The normalized spacial score (nSPS) is 20.5. The Hall–Kier alpha value is -0.480. The van der Waals surface area contributed by atoms with Crippen molar-refractivity contribution in [3.63, 3.8) is 0 Å². The number of nitrogens with one attached hydrogen (secondary N) is 1. The Balaban J connectivity index is 2.43. The topological polar surface area (TPSA) is 49.3 Å². The molecule has 0 aromatic rings. The maximum Gasteiger partial charge on any atom is 0.157 e. The zero-order valence-corrected chi connectivity index (χ0v) is 9.43. The third kappa shape index (κ3) is 3.03. The number of ketones is 1. The van der Waals surface area contributed by atoms with E-state index in [4.69, 9.17) is 5.11 Å². The molecule has 0 saturated carbocycles. The van der Waals surface area contributed by atoms with Crippen LogP contribution in [0.3, 0.4) is 0 Å². The molecular formula is C10H17NO2S. The van der Waals surface area contributed by atoms with Crippen LogP contribution in [0.4, 0.5) is 0 Å². The van der Waals surface area contributed by atoms with E-state index in [1.165, 1.54) is 0 Å². The monoisotopic (exact) mass is 215 g/mol. The molecule has 4 heteroatoms. The third-order valence-corrected chi connectivity index (χ3v) is 3.59. The standard InChI is InChI=1S/C10H17NO2S/c1-7(10(6-12)14-2)11-8-3-4-9(13)5-8/h5,7,10-12H,3-4,6H2,1-2H3. The Bertz CT molecular complexity index is 236. The predicted octanol–water partition coefficient (Wildman–Crippen LogP) is 0.935. The Labute approximate surface area is 89.0 Å². The Morgan fingerprint density at radius 1 is 1.64 bits per heavy atom. The van der Waals surface area contributed by atoms with E-state index in [0.717, 1.165) is 12.1 Å². The van der Waals surface area contributed by atoms with Gasteiger partial charge in [-0.2, -0.15) is 11.8 Å². The number of carbonyl (C=O) groups is 1. The summed E-state index contributed by atoms with van der Waals surface area (Å²) in [5, 5.41) is 12.5. The van der Waals surface area contributed by atoms with Gasteiger partial charge in [0, 0.05) is 29.5 Å². The molecule has 0 heterocycles. The highest BCUT2D eigenvalue weighted by molar-refractivity contribution is 7.99. The van der Waals surface area contributed by atoms with Crippen molar-refractivity contribution in [2.75, 3.05) is 12.9 Å². The molecule has 0 fully saturated rings. The van der Waals surface area contributed by atoms with E-state index in [9.17, 15) is 4.79 Å². The second-order valence-corrected chi connectivity index (χ2v) is 4.60. The van der Waals surface area contributed by atoms with Gasteiger partial charge in [0.2, 0.25) is 0 Å². The molecule has 0 aromatic heterocycles. The first-order valence-corrected chi connectivity index (χ1v) is 6.09. The first-order chi connectivity index (χ1) is 6.67. The summed E-state index contributed by atoms with van der Waals surface area (Å²) in [7, 11) is 0. The largest absolute Gasteiger partial charge is 0.395 e. The van der Waals surface area contributed by atoms with E-state index in [2.05, 4.69) is 5.32 Å². The number of rotatable bonds is 5. The second kappa shape index (κ2) is 5.41. The molecule has 2 atom stereocenters. The molecular weight excluding hydrogens is 198 g/mol. The summed E-state index contributed by atoms with van der Waals surface area (Å²) in [6.45, 7) is 2.19. The van der Waals surface area contributed by atoms with Crippen molar-refractivity contribution in [2.24, 2.45) is 0 Å². The van der Waals surface area contributed by atoms with Crippen molar-refractivity contribution in [1.29, 1.82) is 0 Å². The maximum absolute atomic E-state index is 11.0. The van der Waals surface area contributed by atoms with Crippen LogP contribution >= 0.6 is 11.8 Å². The summed E-state index contributed by atoms with van der Waals surface area (Å²) in [4.78, 5) is 11.0. The van der Waals surface area contributed by atoms with Crippen molar-refractivity contribution >= 4 is 17.5 Å². The van der Waals surface area contributed by atoms with E-state index in [-0.39, 0.29) is 23.7 Å². The molecule has 80 valence electrons. The predicted molar refractivity (Wildman–Crippen MR) is 59.3 cm³/mol. The minimum absolute atomic E-state index is 0.163. The lowest BCUT2D eigenvalue weighted by molar-refractivity contribution is -0.114. The van der Waals surface area contributed by atoms with E-state index in [1.807, 2.05) is 13.2 Å². The number of aliphatic hydroxyl groups excluding tert-OH is 1. The molecule has 0 radical (unpaired) electrons. The molecule has 3 nitrogen and oxygen atoms in total. The molecule has 0 bridgehead atoms. The van der Waals surface area contributed by atoms with Gasteiger partial charge in [-0.15, -0.1) is 0 Å². The van der Waals surface area contributed by atoms with Crippen molar-refractivity contribution < 1.29 is 9.90 Å². The number of thioether (sulfide) groups is 1. The zero-order valence-electron chi connectivity index (χ0n) is 8.62. The summed E-state index contributed by atoms with van der Waals surface area (Å²) >= 11 is 1.64. The van der Waals surface area contributed by atoms with Gasteiger partial charge in [0.25, 0.3) is 0 Å². The van der Waals surface area contributed by atoms with Gasteiger partial charge in [0.05, 0.1) is 6.61 Å². The van der Waals surface area contributed by atoms with Crippen molar-refractivity contribution in [3.8, 4) is 0 Å². The van der Waals surface area contributed by atoms with Crippen molar-refractivity contribution in [3.05, 3.63) is 11.8 Å². The molecule has 1 rings (SSSR count). The molecule has 2 N–H and O–H groups in total. The van der Waals surface area contributed by atoms with Crippen LogP contribution in [0, 0.1) is 0 Å². The first-order valence-electron chi connectivity index (χ1n) is 4.81. The Morgan fingerprint density at radius 3 is 2.79 bits per heavy atom. The minimum atomic E-state index is 0.163. The van der Waals surface area contributed by atoms with Gasteiger partial charge in [-0.05, 0) is 19.6 Å². The lowest BCUT2D eigenvalue weighted by atomic mass is 10.2. The van der Waals surface area contributed by atoms with E-state index in [1.54, 1.807) is 17.8 Å². The van der Waals surface area contributed by atoms with E-state index in [0.29, 0.717) is 6.42 Å². The van der Waals surface area contributed by atoms with Crippen molar-refractivity contribution in [1.82, 2.24) is 5.32 Å². The van der Waals surface area contributed by atoms with Crippen LogP contribution in [0.1, 0.15) is 19.8 Å². The molecule has 1 aliphatic rings. The second-order valence-electron chi connectivity index (χ2n) is 3.53. The highest BCUT2D eigenvalue weighted by atomic mass is 32.2. The fourth-order valence-electron chi connectivity index (χ4n) is 1.53. The summed E-state index contributed by atoms with van der Waals surface area (Å²) < 4.78 is 0. The molecule has 0 spiro atoms. The average molecular weight is 215 g/mol. The molecule has 14 heavy (non-hydrogen) atoms. The Kier molecular flexibility index (Phi) is 4.48. The molecule has 0 saturated heterocycles. The van der Waals surface area contributed by atoms with Gasteiger partial charge < -0.3 is 10.4 Å². The van der Waals surface area contributed by atoms with Crippen molar-refractivity contribution in [2.45, 2.75) is 31.1 Å². The summed E-state index contributed by atoms with van der Waals surface area (Å²) in [5.74, 6) is 0.199. The number of hydrogen-bond donors (Lipinski definition) is 2. The number of carbonyl (C=O) groups excluding carboxylic acids is 1. The molecule has 1 aliphatic carbocycles. The summed E-state index contributed by atoms with van der Waals surface area (Å²) in [6.07, 6.45) is 5.09. The number of hydrogen-bond acceptors (Lipinski definition) is 4. The summed E-state index contributed by atoms with van der Waals surface area (Å²) in [5.41, 5.74) is 1.01. The molecule has 2 unspecified atom stereocenters. The SMILES string of the molecule is CSC(CO)C(C)NC1=CC(=O)CC1. The van der Waals surface area contributed by atoms with E-state index < -0.39 is 0 Å². The van der Waals surface area contributed by atoms with E-state index >= 15 is 0 Å². The van der Waals surface area contributed by atoms with Crippen LogP contribution in [0.5, 0.6) is 0 Å². The molecule has 0 aromatic carbocycles. The highest BCUT2D eigenvalue weighted by Gasteiger charge is 2.18. The minimum Gasteiger partial charge on any atom is -0.395 e. The lowest BCUT2D eigenvalue weighted by Crippen LogP contribution is -2.36. The smallest absolute Gasteiger partial charge is 0.157 e. The lowest BCUT2D eigenvalue weighted by Gasteiger charge is -2.22. The number of allylic oxidation sites excluding steroid dienone is 2. The van der Waals surface area contributed by atoms with Crippen LogP contribution in [-0.2, 0) is 4.79 Å². The maximum atomic E-state index is 11.0. The van der Waals surface area contributed by atoms with Crippen LogP contribution in [0.25, 0.3) is 0 Å².